The fourth-order valence-electron chi connectivity index (χ4n) is 3.51. The Kier molecular flexibility index (Phi) is 7.97. The first-order valence-electron chi connectivity index (χ1n) is 11.0. The number of ether oxygens (including phenoxy) is 2. The lowest BCUT2D eigenvalue weighted by Gasteiger charge is -2.15. The van der Waals surface area contributed by atoms with E-state index >= 15 is 0 Å². The van der Waals surface area contributed by atoms with E-state index in [2.05, 4.69) is 41.9 Å². The number of aryl methyl sites for hydroxylation is 1. The smallest absolute Gasteiger partial charge is 0.282 e. The largest absolute Gasteiger partial charge is 0.490 e. The molecular weight excluding hydrogens is 581 g/mol. The molecule has 0 saturated heterocycles. The van der Waals surface area contributed by atoms with Gasteiger partial charge in [0.25, 0.3) is 5.56 Å². The van der Waals surface area contributed by atoms with Gasteiger partial charge in [-0.15, -0.1) is 0 Å². The zero-order chi connectivity index (χ0) is 24.9. The second-order valence-electron chi connectivity index (χ2n) is 7.59. The first kappa shape index (κ1) is 25.1. The van der Waals surface area contributed by atoms with Crippen molar-refractivity contribution in [1.29, 1.82) is 0 Å². The van der Waals surface area contributed by atoms with Crippen LogP contribution in [0.2, 0.25) is 0 Å². The maximum Gasteiger partial charge on any atom is 0.282 e. The summed E-state index contributed by atoms with van der Waals surface area (Å²) in [5.74, 6) is 1.24. The van der Waals surface area contributed by atoms with Crippen LogP contribution in [-0.4, -0.2) is 22.5 Å². The molecule has 1 aromatic heterocycles. The van der Waals surface area contributed by atoms with E-state index in [9.17, 15) is 9.18 Å². The molecule has 4 rings (SSSR count). The molecule has 0 atom stereocenters. The summed E-state index contributed by atoms with van der Waals surface area (Å²) in [5, 5.41) is 4.92. The fourth-order valence-corrected chi connectivity index (χ4v) is 4.45. The normalized spacial score (nSPS) is 11.3. The third-order valence-corrected chi connectivity index (χ3v) is 6.20. The van der Waals surface area contributed by atoms with Gasteiger partial charge in [0, 0.05) is 10.9 Å². The van der Waals surface area contributed by atoms with E-state index in [1.54, 1.807) is 30.5 Å². The lowest BCUT2D eigenvalue weighted by Crippen LogP contribution is -2.22. The summed E-state index contributed by atoms with van der Waals surface area (Å²) >= 11 is 6.95. The van der Waals surface area contributed by atoms with Gasteiger partial charge in [0.2, 0.25) is 0 Å². The molecule has 0 N–H and O–H groups in total. The number of benzene rings is 3. The van der Waals surface area contributed by atoms with Crippen molar-refractivity contribution in [2.24, 2.45) is 5.10 Å². The molecule has 1 heterocycles. The van der Waals surface area contributed by atoms with Crippen molar-refractivity contribution in [1.82, 2.24) is 9.66 Å². The molecule has 0 aliphatic rings. The summed E-state index contributed by atoms with van der Waals surface area (Å²) in [7, 11) is 0. The minimum absolute atomic E-state index is 0.178. The van der Waals surface area contributed by atoms with Gasteiger partial charge in [0.15, 0.2) is 11.5 Å². The van der Waals surface area contributed by atoms with Crippen molar-refractivity contribution in [3.63, 3.8) is 0 Å². The van der Waals surface area contributed by atoms with Crippen molar-refractivity contribution in [3.05, 3.63) is 96.7 Å². The van der Waals surface area contributed by atoms with Crippen LogP contribution in [0.4, 0.5) is 4.39 Å². The number of halogens is 3. The summed E-state index contributed by atoms with van der Waals surface area (Å²) in [6, 6.07) is 15.2. The molecule has 0 saturated carbocycles. The number of nitrogens with zero attached hydrogens (tertiary/aromatic N) is 3. The summed E-state index contributed by atoms with van der Waals surface area (Å²) in [6.45, 7) is 4.40. The number of hydrogen-bond acceptors (Lipinski definition) is 5. The van der Waals surface area contributed by atoms with Gasteiger partial charge in [-0.05, 0) is 76.4 Å². The fraction of sp³-hybridized carbons (Fsp3) is 0.192. The van der Waals surface area contributed by atoms with Gasteiger partial charge >= 0.3 is 0 Å². The molecule has 0 radical (unpaired) electrons. The topological polar surface area (TPSA) is 65.7 Å². The highest BCUT2D eigenvalue weighted by atomic mass is 79.9. The van der Waals surface area contributed by atoms with E-state index in [1.165, 1.54) is 16.8 Å². The van der Waals surface area contributed by atoms with Crippen molar-refractivity contribution in [2.75, 3.05) is 6.61 Å². The van der Waals surface area contributed by atoms with Gasteiger partial charge in [-0.3, -0.25) is 4.79 Å². The van der Waals surface area contributed by atoms with Gasteiger partial charge in [-0.2, -0.15) is 9.78 Å². The molecule has 0 aliphatic heterocycles. The second-order valence-corrected chi connectivity index (χ2v) is 9.36. The Labute approximate surface area is 218 Å². The zero-order valence-corrected chi connectivity index (χ0v) is 22.3. The predicted molar refractivity (Wildman–Crippen MR) is 142 cm³/mol. The highest BCUT2D eigenvalue weighted by Crippen LogP contribution is 2.37. The number of fused-ring (bicyclic) bond motifs is 1. The summed E-state index contributed by atoms with van der Waals surface area (Å²) in [5.41, 5.74) is 1.78. The van der Waals surface area contributed by atoms with Crippen molar-refractivity contribution < 1.29 is 13.9 Å². The summed E-state index contributed by atoms with van der Waals surface area (Å²) in [6.07, 6.45) is 2.12. The van der Waals surface area contributed by atoms with Crippen LogP contribution < -0.4 is 15.0 Å². The molecule has 9 heteroatoms. The summed E-state index contributed by atoms with van der Waals surface area (Å²) in [4.78, 5) is 17.7. The second kappa shape index (κ2) is 11.1. The third kappa shape index (κ3) is 5.79. The monoisotopic (exact) mass is 601 g/mol. The summed E-state index contributed by atoms with van der Waals surface area (Å²) < 4.78 is 28.0. The van der Waals surface area contributed by atoms with Crippen LogP contribution in [0.1, 0.15) is 30.8 Å². The highest BCUT2D eigenvalue weighted by Gasteiger charge is 2.14. The molecule has 0 bridgehead atoms. The molecule has 0 amide bonds. The van der Waals surface area contributed by atoms with Crippen LogP contribution in [-0.2, 0) is 13.0 Å². The minimum atomic E-state index is -0.320. The van der Waals surface area contributed by atoms with E-state index < -0.39 is 0 Å². The maximum atomic E-state index is 13.5. The molecule has 4 aromatic rings. The Morgan fingerprint density at radius 1 is 1.09 bits per heavy atom. The minimum Gasteiger partial charge on any atom is -0.490 e. The number of hydrogen-bond donors (Lipinski definition) is 0. The van der Waals surface area contributed by atoms with Gasteiger partial charge in [-0.25, -0.2) is 9.37 Å². The van der Waals surface area contributed by atoms with Crippen molar-refractivity contribution in [2.45, 2.75) is 26.9 Å². The first-order valence-corrected chi connectivity index (χ1v) is 12.6. The lowest BCUT2D eigenvalue weighted by molar-refractivity contribution is 0.267. The Hall–Kier alpha value is -3.04. The molecule has 0 fully saturated rings. The Morgan fingerprint density at radius 3 is 2.66 bits per heavy atom. The number of aromatic nitrogens is 2. The van der Waals surface area contributed by atoms with Crippen LogP contribution in [0.5, 0.6) is 11.5 Å². The Balaban J connectivity index is 1.68. The Morgan fingerprint density at radius 2 is 1.91 bits per heavy atom. The molecule has 6 nitrogen and oxygen atoms in total. The van der Waals surface area contributed by atoms with Crippen LogP contribution in [0.15, 0.2) is 73.4 Å². The molecular formula is C26H22Br2FN3O3. The standard InChI is InChI=1S/C26H22Br2FN3O3/c1-3-24-31-22-9-8-18(27)13-20(22)26(33)32(24)30-14-17-11-21(28)25(23(12-17)34-4-2)35-15-16-6-5-7-19(29)10-16/h5-14H,3-4,15H2,1-2H3. The molecule has 180 valence electrons. The van der Waals surface area contributed by atoms with E-state index in [4.69, 9.17) is 9.47 Å². The van der Waals surface area contributed by atoms with Gasteiger partial charge < -0.3 is 9.47 Å². The van der Waals surface area contributed by atoms with Crippen LogP contribution >= 0.6 is 31.9 Å². The van der Waals surface area contributed by atoms with Crippen LogP contribution in [0, 0.1) is 5.82 Å². The molecule has 0 spiro atoms. The molecule has 3 aromatic carbocycles. The van der Waals surface area contributed by atoms with E-state index in [-0.39, 0.29) is 18.0 Å². The third-order valence-electron chi connectivity index (χ3n) is 5.12. The first-order chi connectivity index (χ1) is 16.9. The lowest BCUT2D eigenvalue weighted by atomic mass is 10.2. The molecule has 0 unspecified atom stereocenters. The van der Waals surface area contributed by atoms with E-state index in [1.807, 2.05) is 32.0 Å². The van der Waals surface area contributed by atoms with Crippen LogP contribution in [0.3, 0.4) is 0 Å². The maximum absolute atomic E-state index is 13.5. The highest BCUT2D eigenvalue weighted by molar-refractivity contribution is 9.10. The average Bonchev–Trinajstić information content (AvgIpc) is 2.83. The van der Waals surface area contributed by atoms with Crippen molar-refractivity contribution >= 4 is 49.0 Å². The van der Waals surface area contributed by atoms with Gasteiger partial charge in [0.05, 0.1) is 28.2 Å². The molecule has 0 aliphatic carbocycles. The van der Waals surface area contributed by atoms with Crippen LogP contribution in [0.25, 0.3) is 10.9 Å². The molecule has 35 heavy (non-hydrogen) atoms. The number of rotatable bonds is 8. The van der Waals surface area contributed by atoms with Gasteiger partial charge in [0.1, 0.15) is 18.2 Å². The zero-order valence-electron chi connectivity index (χ0n) is 19.1. The SMILES string of the molecule is CCOc1cc(C=Nn2c(CC)nc3ccc(Br)cc3c2=O)cc(Br)c1OCc1cccc(F)c1. The van der Waals surface area contributed by atoms with E-state index in [0.717, 1.165) is 4.47 Å². The Bertz CT molecular complexity index is 1470. The predicted octanol–water partition coefficient (Wildman–Crippen LogP) is 6.48. The quantitative estimate of drug-likeness (QED) is 0.216. The van der Waals surface area contributed by atoms with Gasteiger partial charge in [-0.1, -0.05) is 35.0 Å². The van der Waals surface area contributed by atoms with Crippen molar-refractivity contribution in [3.8, 4) is 11.5 Å². The van der Waals surface area contributed by atoms with E-state index in [0.29, 0.717) is 56.9 Å². The average molecular weight is 603 g/mol.